The van der Waals surface area contributed by atoms with Gasteiger partial charge in [-0.1, -0.05) is 176 Å². The molecule has 0 amide bonds. The van der Waals surface area contributed by atoms with Crippen molar-refractivity contribution in [2.75, 3.05) is 0 Å². The minimum Gasteiger partial charge on any atom is -0.256 e. The molecule has 0 saturated heterocycles. The summed E-state index contributed by atoms with van der Waals surface area (Å²) >= 11 is 0. The molecule has 0 saturated carbocycles. The second-order valence-corrected chi connectivity index (χ2v) is 16.7. The molecule has 3 heteroatoms. The first-order chi connectivity index (χ1) is 32.7. The number of hydrogen-bond donors (Lipinski definition) is 0. The zero-order valence-corrected chi connectivity index (χ0v) is 36.0. The van der Waals surface area contributed by atoms with Gasteiger partial charge in [-0.3, -0.25) is 15.0 Å². The first kappa shape index (κ1) is 38.9. The van der Waals surface area contributed by atoms with E-state index in [1.165, 1.54) is 38.2 Å². The highest BCUT2D eigenvalue weighted by atomic mass is 14.7. The molecule has 0 bridgehead atoms. The van der Waals surface area contributed by atoms with Crippen molar-refractivity contribution in [1.82, 2.24) is 15.0 Å². The van der Waals surface area contributed by atoms with Crippen LogP contribution in [0.2, 0.25) is 0 Å². The van der Waals surface area contributed by atoms with Crippen molar-refractivity contribution in [3.63, 3.8) is 0 Å². The molecule has 66 heavy (non-hydrogen) atoms. The standard InChI is InChI=1S/C63H41N3/c1-4-17-53(50(14-1)42-25-29-44(30-26-42)61-23-9-11-35-64-61)47-38-48(54-18-5-2-15-51(54)43-27-31-45(32-28-43)62-24-10-12-36-65-62)40-49(39-47)55-19-6-3-16-52(55)46-33-34-59-60(41-46)57-21-8-7-20-56(57)58-22-13-37-66-63(58)59/h1-41H. The molecule has 3 aromatic heterocycles. The maximum Gasteiger partial charge on any atom is 0.0786 e. The molecule has 0 atom stereocenters. The first-order valence-electron chi connectivity index (χ1n) is 22.4. The number of pyridine rings is 3. The van der Waals surface area contributed by atoms with Crippen molar-refractivity contribution >= 4 is 32.4 Å². The molecular formula is C63H41N3. The zero-order chi connectivity index (χ0) is 43.8. The third-order valence-electron chi connectivity index (χ3n) is 12.9. The van der Waals surface area contributed by atoms with Crippen LogP contribution < -0.4 is 0 Å². The topological polar surface area (TPSA) is 38.7 Å². The average Bonchev–Trinajstić information content (AvgIpc) is 3.41. The van der Waals surface area contributed by atoms with Gasteiger partial charge < -0.3 is 0 Å². The summed E-state index contributed by atoms with van der Waals surface area (Å²) in [7, 11) is 0. The molecule has 0 radical (unpaired) electrons. The first-order valence-corrected chi connectivity index (χ1v) is 22.4. The van der Waals surface area contributed by atoms with Crippen LogP contribution in [0.1, 0.15) is 0 Å². The highest BCUT2D eigenvalue weighted by molar-refractivity contribution is 6.24. The largest absolute Gasteiger partial charge is 0.256 e. The number of aromatic nitrogens is 3. The van der Waals surface area contributed by atoms with Gasteiger partial charge in [-0.2, -0.15) is 0 Å². The lowest BCUT2D eigenvalue weighted by atomic mass is 9.85. The van der Waals surface area contributed by atoms with E-state index in [2.05, 4.69) is 210 Å². The second kappa shape index (κ2) is 16.7. The van der Waals surface area contributed by atoms with E-state index in [-0.39, 0.29) is 0 Å². The van der Waals surface area contributed by atoms with Crippen molar-refractivity contribution < 1.29 is 0 Å². The van der Waals surface area contributed by atoms with E-state index in [1.807, 2.05) is 48.9 Å². The van der Waals surface area contributed by atoms with Gasteiger partial charge in [0, 0.05) is 40.5 Å². The van der Waals surface area contributed by atoms with E-state index < -0.39 is 0 Å². The predicted molar refractivity (Wildman–Crippen MR) is 276 cm³/mol. The van der Waals surface area contributed by atoms with E-state index in [0.29, 0.717) is 0 Å². The van der Waals surface area contributed by atoms with Crippen LogP contribution in [0, 0.1) is 0 Å². The minimum atomic E-state index is 0.961. The smallest absolute Gasteiger partial charge is 0.0786 e. The summed E-state index contributed by atoms with van der Waals surface area (Å²) in [6, 6.07) is 83.0. The lowest BCUT2D eigenvalue weighted by molar-refractivity contribution is 1.33. The highest BCUT2D eigenvalue weighted by Gasteiger charge is 2.18. The van der Waals surface area contributed by atoms with Crippen LogP contribution in [0.15, 0.2) is 249 Å². The van der Waals surface area contributed by atoms with Gasteiger partial charge in [0.05, 0.1) is 16.9 Å². The van der Waals surface area contributed by atoms with E-state index in [9.17, 15) is 0 Å². The van der Waals surface area contributed by atoms with Crippen LogP contribution in [0.3, 0.4) is 0 Å². The van der Waals surface area contributed by atoms with Crippen LogP contribution in [0.4, 0.5) is 0 Å². The fourth-order valence-electron chi connectivity index (χ4n) is 9.69. The fourth-order valence-corrected chi connectivity index (χ4v) is 9.69. The number of benzene rings is 9. The molecule has 3 nitrogen and oxygen atoms in total. The molecule has 0 unspecified atom stereocenters. The molecule has 308 valence electrons. The van der Waals surface area contributed by atoms with Crippen molar-refractivity contribution in [1.29, 1.82) is 0 Å². The Balaban J connectivity index is 1.04. The molecule has 0 spiro atoms. The van der Waals surface area contributed by atoms with Gasteiger partial charge in [-0.25, -0.2) is 0 Å². The van der Waals surface area contributed by atoms with Gasteiger partial charge in [-0.05, 0) is 138 Å². The summed E-state index contributed by atoms with van der Waals surface area (Å²) < 4.78 is 0. The lowest BCUT2D eigenvalue weighted by Gasteiger charge is -2.18. The summed E-state index contributed by atoms with van der Waals surface area (Å²) in [5, 5.41) is 5.97. The normalized spacial score (nSPS) is 11.3. The summed E-state index contributed by atoms with van der Waals surface area (Å²) in [5.41, 5.74) is 19.0. The van der Waals surface area contributed by atoms with E-state index >= 15 is 0 Å². The number of nitrogens with zero attached hydrogens (tertiary/aromatic N) is 3. The summed E-state index contributed by atoms with van der Waals surface area (Å²) in [6.45, 7) is 0. The van der Waals surface area contributed by atoms with Crippen molar-refractivity contribution in [3.05, 3.63) is 249 Å². The second-order valence-electron chi connectivity index (χ2n) is 16.7. The SMILES string of the molecule is c1ccc(-c2ccc(-c3ccccc3-c3cc(-c4ccccc4-c4ccc(-c5ccccn5)cc4)cc(-c4ccccc4-c4ccc5c(c4)c4ccccc4c4cccnc45)c3)cc2)nc1. The van der Waals surface area contributed by atoms with E-state index in [0.717, 1.165) is 83.5 Å². The van der Waals surface area contributed by atoms with Crippen molar-refractivity contribution in [2.45, 2.75) is 0 Å². The van der Waals surface area contributed by atoms with Crippen molar-refractivity contribution in [2.24, 2.45) is 0 Å². The molecular weight excluding hydrogens is 799 g/mol. The number of rotatable bonds is 8. The average molecular weight is 840 g/mol. The van der Waals surface area contributed by atoms with Crippen LogP contribution >= 0.6 is 0 Å². The molecule has 0 fully saturated rings. The molecule has 0 aliphatic carbocycles. The maximum atomic E-state index is 4.89. The Kier molecular flexibility index (Phi) is 9.85. The molecule has 12 rings (SSSR count). The zero-order valence-electron chi connectivity index (χ0n) is 36.0. The number of fused-ring (bicyclic) bond motifs is 6. The highest BCUT2D eigenvalue weighted by Crippen LogP contribution is 2.44. The van der Waals surface area contributed by atoms with Gasteiger partial charge in [0.2, 0.25) is 0 Å². The van der Waals surface area contributed by atoms with E-state index in [1.54, 1.807) is 0 Å². The Morgan fingerprint density at radius 2 is 0.545 bits per heavy atom. The van der Waals surface area contributed by atoms with Crippen LogP contribution in [0.25, 0.3) is 122 Å². The maximum absolute atomic E-state index is 4.89. The minimum absolute atomic E-state index is 0.961. The van der Waals surface area contributed by atoms with Crippen LogP contribution in [-0.2, 0) is 0 Å². The van der Waals surface area contributed by atoms with E-state index in [4.69, 9.17) is 4.98 Å². The molecule has 12 aromatic rings. The van der Waals surface area contributed by atoms with Crippen LogP contribution in [0.5, 0.6) is 0 Å². The number of hydrogen-bond acceptors (Lipinski definition) is 3. The Bertz CT molecular complexity index is 3550. The molecule has 0 N–H and O–H groups in total. The van der Waals surface area contributed by atoms with Gasteiger partial charge in [-0.15, -0.1) is 0 Å². The van der Waals surface area contributed by atoms with Crippen molar-refractivity contribution in [3.8, 4) is 89.3 Å². The molecule has 3 heterocycles. The third-order valence-corrected chi connectivity index (χ3v) is 12.9. The summed E-state index contributed by atoms with van der Waals surface area (Å²) in [6.07, 6.45) is 5.59. The Morgan fingerprint density at radius 3 is 1.02 bits per heavy atom. The molecule has 9 aromatic carbocycles. The fraction of sp³-hybridized carbons (Fsp3) is 0. The molecule has 0 aliphatic rings. The Morgan fingerprint density at radius 1 is 0.197 bits per heavy atom. The van der Waals surface area contributed by atoms with Crippen LogP contribution in [-0.4, -0.2) is 15.0 Å². The predicted octanol–water partition coefficient (Wildman–Crippen LogP) is 16.7. The van der Waals surface area contributed by atoms with Gasteiger partial charge >= 0.3 is 0 Å². The summed E-state index contributed by atoms with van der Waals surface area (Å²) in [4.78, 5) is 14.1. The van der Waals surface area contributed by atoms with Gasteiger partial charge in [0.1, 0.15) is 0 Å². The third kappa shape index (κ3) is 7.10. The lowest BCUT2D eigenvalue weighted by Crippen LogP contribution is -1.92. The Labute approximate surface area is 384 Å². The van der Waals surface area contributed by atoms with Gasteiger partial charge in [0.15, 0.2) is 0 Å². The molecule has 0 aliphatic heterocycles. The monoisotopic (exact) mass is 839 g/mol. The van der Waals surface area contributed by atoms with Gasteiger partial charge in [0.25, 0.3) is 0 Å². The Hall–Kier alpha value is -8.79. The summed E-state index contributed by atoms with van der Waals surface area (Å²) in [5.74, 6) is 0. The quantitative estimate of drug-likeness (QED) is 0.143.